The van der Waals surface area contributed by atoms with Crippen molar-refractivity contribution in [2.75, 3.05) is 31.3 Å². The molecule has 2 aliphatic rings. The molecule has 4 rings (SSSR count). The lowest BCUT2D eigenvalue weighted by atomic mass is 10.0. The van der Waals surface area contributed by atoms with E-state index in [-0.39, 0.29) is 6.61 Å². The van der Waals surface area contributed by atoms with Crippen molar-refractivity contribution in [1.29, 1.82) is 0 Å². The molecule has 1 saturated heterocycles. The topological polar surface area (TPSA) is 67.7 Å². The number of hydrogen-bond donors (Lipinski definition) is 1. The van der Waals surface area contributed by atoms with Crippen molar-refractivity contribution < 1.29 is 14.6 Å². The maximum absolute atomic E-state index is 9.40. The average Bonchev–Trinajstić information content (AvgIpc) is 3.07. The van der Waals surface area contributed by atoms with Crippen LogP contribution in [-0.4, -0.2) is 41.4 Å². The second kappa shape index (κ2) is 6.98. The van der Waals surface area contributed by atoms with Crippen molar-refractivity contribution in [2.45, 2.75) is 32.4 Å². The van der Waals surface area contributed by atoms with E-state index in [4.69, 9.17) is 9.47 Å². The summed E-state index contributed by atoms with van der Waals surface area (Å²) in [5.41, 5.74) is 3.03. The van der Waals surface area contributed by atoms with E-state index < -0.39 is 0 Å². The molecular formula is C19H23N3O3. The Morgan fingerprint density at radius 1 is 1.24 bits per heavy atom. The molecule has 0 amide bonds. The number of aliphatic hydroxyl groups excluding tert-OH is 1. The van der Waals surface area contributed by atoms with Gasteiger partial charge >= 0.3 is 0 Å². The van der Waals surface area contributed by atoms with Crippen LogP contribution >= 0.6 is 0 Å². The van der Waals surface area contributed by atoms with Crippen LogP contribution in [0.25, 0.3) is 0 Å². The number of nitrogens with zero attached hydrogens (tertiary/aromatic N) is 3. The second-order valence-corrected chi connectivity index (χ2v) is 6.63. The van der Waals surface area contributed by atoms with Gasteiger partial charge in [-0.2, -0.15) is 0 Å². The van der Waals surface area contributed by atoms with E-state index in [1.54, 1.807) is 0 Å². The molecule has 2 aliphatic heterocycles. The molecule has 2 aromatic rings. The predicted octanol–water partition coefficient (Wildman–Crippen LogP) is 2.18. The van der Waals surface area contributed by atoms with Gasteiger partial charge in [-0.15, -0.1) is 0 Å². The molecule has 1 atom stereocenters. The molecule has 6 nitrogen and oxygen atoms in total. The maximum atomic E-state index is 9.40. The smallest absolute Gasteiger partial charge is 0.132 e. The number of aromatic nitrogens is 2. The van der Waals surface area contributed by atoms with Crippen LogP contribution in [-0.2, 0) is 17.9 Å². The van der Waals surface area contributed by atoms with E-state index in [0.717, 1.165) is 60.4 Å². The fraction of sp³-hybridized carbons (Fsp3) is 0.474. The van der Waals surface area contributed by atoms with E-state index in [1.165, 1.54) is 0 Å². The van der Waals surface area contributed by atoms with Crippen molar-refractivity contribution >= 4 is 5.82 Å². The second-order valence-electron chi connectivity index (χ2n) is 6.63. The van der Waals surface area contributed by atoms with Gasteiger partial charge in [0, 0.05) is 30.7 Å². The van der Waals surface area contributed by atoms with E-state index in [2.05, 4.69) is 20.9 Å². The SMILES string of the molecule is Cc1nc([C@@H]2CCOC2)cc(N2CCOc3ccc(CO)cc3C2)n1. The van der Waals surface area contributed by atoms with Crippen LogP contribution in [0.5, 0.6) is 5.75 Å². The Morgan fingerprint density at radius 2 is 2.16 bits per heavy atom. The summed E-state index contributed by atoms with van der Waals surface area (Å²) < 4.78 is 11.4. The molecule has 3 heterocycles. The van der Waals surface area contributed by atoms with Crippen LogP contribution in [0.1, 0.15) is 35.0 Å². The molecule has 0 bridgehead atoms. The first-order valence-electron chi connectivity index (χ1n) is 8.76. The third-order valence-electron chi connectivity index (χ3n) is 4.80. The van der Waals surface area contributed by atoms with Gasteiger partial charge in [0.25, 0.3) is 0 Å². The van der Waals surface area contributed by atoms with Gasteiger partial charge < -0.3 is 19.5 Å². The Hall–Kier alpha value is -2.18. The fourth-order valence-corrected chi connectivity index (χ4v) is 3.45. The number of fused-ring (bicyclic) bond motifs is 1. The van der Waals surface area contributed by atoms with E-state index >= 15 is 0 Å². The van der Waals surface area contributed by atoms with Gasteiger partial charge in [0.2, 0.25) is 0 Å². The highest BCUT2D eigenvalue weighted by Gasteiger charge is 2.23. The molecule has 0 radical (unpaired) electrons. The molecule has 0 spiro atoms. The van der Waals surface area contributed by atoms with Crippen LogP contribution in [0.4, 0.5) is 5.82 Å². The van der Waals surface area contributed by atoms with E-state index in [9.17, 15) is 5.11 Å². The van der Waals surface area contributed by atoms with Crippen LogP contribution in [0, 0.1) is 6.92 Å². The molecule has 132 valence electrons. The number of benzene rings is 1. The number of aryl methyl sites for hydroxylation is 1. The average molecular weight is 341 g/mol. The highest BCUT2D eigenvalue weighted by atomic mass is 16.5. The lowest BCUT2D eigenvalue weighted by Gasteiger charge is -2.22. The lowest BCUT2D eigenvalue weighted by Crippen LogP contribution is -2.27. The Labute approximate surface area is 147 Å². The summed E-state index contributed by atoms with van der Waals surface area (Å²) >= 11 is 0. The third kappa shape index (κ3) is 3.45. The maximum Gasteiger partial charge on any atom is 0.132 e. The van der Waals surface area contributed by atoms with Gasteiger partial charge in [0.05, 0.1) is 25.5 Å². The van der Waals surface area contributed by atoms with Gasteiger partial charge in [0.15, 0.2) is 0 Å². The number of hydrogen-bond acceptors (Lipinski definition) is 6. The number of rotatable bonds is 3. The van der Waals surface area contributed by atoms with Crippen LogP contribution in [0.2, 0.25) is 0 Å². The first-order valence-corrected chi connectivity index (χ1v) is 8.76. The molecule has 1 aromatic heterocycles. The molecule has 0 unspecified atom stereocenters. The largest absolute Gasteiger partial charge is 0.491 e. The summed E-state index contributed by atoms with van der Waals surface area (Å²) in [5, 5.41) is 9.40. The molecule has 1 N–H and O–H groups in total. The minimum absolute atomic E-state index is 0.0335. The van der Waals surface area contributed by atoms with Gasteiger partial charge in [-0.05, 0) is 31.0 Å². The van der Waals surface area contributed by atoms with Gasteiger partial charge in [-0.25, -0.2) is 9.97 Å². The van der Waals surface area contributed by atoms with Gasteiger partial charge in [-0.3, -0.25) is 0 Å². The Bertz CT molecular complexity index is 760. The molecule has 0 saturated carbocycles. The zero-order valence-electron chi connectivity index (χ0n) is 14.4. The zero-order valence-corrected chi connectivity index (χ0v) is 14.4. The van der Waals surface area contributed by atoms with Crippen LogP contribution < -0.4 is 9.64 Å². The Balaban J connectivity index is 1.64. The third-order valence-corrected chi connectivity index (χ3v) is 4.80. The molecular weight excluding hydrogens is 318 g/mol. The normalized spacial score (nSPS) is 20.1. The number of ether oxygens (including phenoxy) is 2. The summed E-state index contributed by atoms with van der Waals surface area (Å²) in [4.78, 5) is 11.5. The summed E-state index contributed by atoms with van der Waals surface area (Å²) in [5.74, 6) is 2.96. The summed E-state index contributed by atoms with van der Waals surface area (Å²) in [6, 6.07) is 7.94. The van der Waals surface area contributed by atoms with Crippen molar-refractivity contribution in [3.63, 3.8) is 0 Å². The van der Waals surface area contributed by atoms with Crippen LogP contribution in [0.3, 0.4) is 0 Å². The molecule has 1 fully saturated rings. The zero-order chi connectivity index (χ0) is 17.2. The minimum atomic E-state index is 0.0335. The molecule has 0 aliphatic carbocycles. The quantitative estimate of drug-likeness (QED) is 0.923. The van der Waals surface area contributed by atoms with Gasteiger partial charge in [-0.1, -0.05) is 6.07 Å². The predicted molar refractivity (Wildman–Crippen MR) is 93.9 cm³/mol. The molecule has 1 aromatic carbocycles. The van der Waals surface area contributed by atoms with Crippen molar-refractivity contribution in [3.8, 4) is 5.75 Å². The summed E-state index contributed by atoms with van der Waals surface area (Å²) in [7, 11) is 0. The van der Waals surface area contributed by atoms with E-state index in [0.29, 0.717) is 19.1 Å². The molecule has 6 heteroatoms. The Morgan fingerprint density at radius 3 is 2.96 bits per heavy atom. The highest BCUT2D eigenvalue weighted by Crippen LogP contribution is 2.29. The first-order chi connectivity index (χ1) is 12.2. The minimum Gasteiger partial charge on any atom is -0.491 e. The van der Waals surface area contributed by atoms with Crippen molar-refractivity contribution in [1.82, 2.24) is 9.97 Å². The fourth-order valence-electron chi connectivity index (χ4n) is 3.45. The van der Waals surface area contributed by atoms with Crippen molar-refractivity contribution in [2.24, 2.45) is 0 Å². The number of anilines is 1. The van der Waals surface area contributed by atoms with Gasteiger partial charge in [0.1, 0.15) is 24.0 Å². The monoisotopic (exact) mass is 341 g/mol. The summed E-state index contributed by atoms with van der Waals surface area (Å²) in [6.45, 7) is 5.59. The highest BCUT2D eigenvalue weighted by molar-refractivity contribution is 5.46. The van der Waals surface area contributed by atoms with E-state index in [1.807, 2.05) is 25.1 Å². The Kier molecular flexibility index (Phi) is 4.55. The standard InChI is InChI=1S/C19H23N3O3/c1-13-20-17(15-4-6-24-12-15)9-19(21-13)22-5-7-25-18-3-2-14(11-23)8-16(18)10-22/h2-3,8-9,15,23H,4-7,10-12H2,1H3/t15-/m1/s1. The van der Waals surface area contributed by atoms with Crippen molar-refractivity contribution in [3.05, 3.63) is 46.9 Å². The van der Waals surface area contributed by atoms with Crippen LogP contribution in [0.15, 0.2) is 24.3 Å². The first kappa shape index (κ1) is 16.3. The summed E-state index contributed by atoms with van der Waals surface area (Å²) in [6.07, 6.45) is 1.02. The number of aliphatic hydroxyl groups is 1. The lowest BCUT2D eigenvalue weighted by molar-refractivity contribution is 0.193. The molecule has 25 heavy (non-hydrogen) atoms.